The van der Waals surface area contributed by atoms with Crippen molar-refractivity contribution < 1.29 is 0 Å². The molecule has 0 aliphatic carbocycles. The highest BCUT2D eigenvalue weighted by atomic mass is 15.1. The van der Waals surface area contributed by atoms with Crippen LogP contribution in [0.2, 0.25) is 0 Å². The molecule has 0 heterocycles. The molecular formula is C56H41N. The fourth-order valence-electron chi connectivity index (χ4n) is 7.95. The fourth-order valence-corrected chi connectivity index (χ4v) is 7.95. The molecular weight excluding hydrogens is 687 g/mol. The molecule has 0 N–H and O–H groups in total. The molecule has 9 aromatic carbocycles. The third kappa shape index (κ3) is 7.35. The summed E-state index contributed by atoms with van der Waals surface area (Å²) in [5.74, 6) is 0. The van der Waals surface area contributed by atoms with E-state index >= 15 is 0 Å². The van der Waals surface area contributed by atoms with E-state index in [4.69, 9.17) is 0 Å². The maximum absolute atomic E-state index is 2.36. The Kier molecular flexibility index (Phi) is 10.2. The number of fused-ring (bicyclic) bond motifs is 1. The number of benzene rings is 9. The highest BCUT2D eigenvalue weighted by molar-refractivity contribution is 6.22. The zero-order valence-electron chi connectivity index (χ0n) is 31.6. The van der Waals surface area contributed by atoms with Gasteiger partial charge in [0.25, 0.3) is 0 Å². The molecule has 0 aliphatic rings. The van der Waals surface area contributed by atoms with Crippen molar-refractivity contribution in [2.45, 2.75) is 0 Å². The van der Waals surface area contributed by atoms with Gasteiger partial charge in [0.15, 0.2) is 0 Å². The number of nitrogens with zero attached hydrogens (tertiary/aromatic N) is 1. The van der Waals surface area contributed by atoms with Crippen molar-refractivity contribution in [3.05, 3.63) is 270 Å². The Labute approximate surface area is 335 Å². The van der Waals surface area contributed by atoms with E-state index in [2.05, 4.69) is 254 Å². The fraction of sp³-hybridized carbons (Fsp3) is 0. The lowest BCUT2D eigenvalue weighted by molar-refractivity contribution is 1.30. The molecule has 0 saturated carbocycles. The first kappa shape index (κ1) is 35.2. The second kappa shape index (κ2) is 16.5. The molecule has 9 rings (SSSR count). The van der Waals surface area contributed by atoms with E-state index in [1.165, 1.54) is 38.6 Å². The Hall–Kier alpha value is -7.48. The normalized spacial score (nSPS) is 11.9. The molecule has 0 saturated heterocycles. The molecule has 0 radical (unpaired) electrons. The summed E-state index contributed by atoms with van der Waals surface area (Å²) >= 11 is 0. The Morgan fingerprint density at radius 2 is 0.789 bits per heavy atom. The van der Waals surface area contributed by atoms with Crippen molar-refractivity contribution in [1.82, 2.24) is 0 Å². The van der Waals surface area contributed by atoms with Gasteiger partial charge in [-0.3, -0.25) is 0 Å². The van der Waals surface area contributed by atoms with Gasteiger partial charge in [0.1, 0.15) is 0 Å². The van der Waals surface area contributed by atoms with Gasteiger partial charge in [0, 0.05) is 16.8 Å². The van der Waals surface area contributed by atoms with E-state index in [1.807, 2.05) is 0 Å². The molecule has 57 heavy (non-hydrogen) atoms. The minimum absolute atomic E-state index is 1.11. The molecule has 0 bridgehead atoms. The number of hydrogen-bond acceptors (Lipinski definition) is 1. The maximum atomic E-state index is 2.36. The number of allylic oxidation sites excluding steroid dienone is 2. The highest BCUT2D eigenvalue weighted by Gasteiger charge is 2.23. The molecule has 0 aromatic heterocycles. The Morgan fingerprint density at radius 1 is 0.333 bits per heavy atom. The van der Waals surface area contributed by atoms with Crippen LogP contribution in [0.1, 0.15) is 27.8 Å². The van der Waals surface area contributed by atoms with Crippen LogP contribution < -0.4 is 4.90 Å². The zero-order valence-corrected chi connectivity index (χ0v) is 31.6. The van der Waals surface area contributed by atoms with Gasteiger partial charge in [0.2, 0.25) is 0 Å². The molecule has 270 valence electrons. The van der Waals surface area contributed by atoms with Crippen molar-refractivity contribution >= 4 is 50.6 Å². The van der Waals surface area contributed by atoms with Gasteiger partial charge in [0.05, 0.1) is 5.69 Å². The molecule has 0 atom stereocenters. The standard InChI is InChI=1S/C56H41N/c1-7-23-42(24-8-1)41-53(43-25-9-2-10-26-43)56(45-29-13-4-14-30-45)55(44-27-11-3-12-28-44)52-36-20-19-35-50(52)48-37-21-39-51-49(48)38-22-40-54(51)57(46-31-15-5-16-32-46)47-33-17-6-18-34-47/h1-41H/b53-41+,56-55-. The number of rotatable bonds is 10. The molecule has 1 heteroatoms. The largest absolute Gasteiger partial charge is 0.310 e. The van der Waals surface area contributed by atoms with Crippen LogP contribution in [0.25, 0.3) is 44.7 Å². The van der Waals surface area contributed by atoms with Crippen LogP contribution in [0.5, 0.6) is 0 Å². The van der Waals surface area contributed by atoms with Gasteiger partial charge < -0.3 is 4.90 Å². The first-order valence-electron chi connectivity index (χ1n) is 19.5. The van der Waals surface area contributed by atoms with Crippen LogP contribution in [0, 0.1) is 0 Å². The van der Waals surface area contributed by atoms with Gasteiger partial charge in [-0.1, -0.05) is 212 Å². The first-order valence-corrected chi connectivity index (χ1v) is 19.5. The summed E-state index contributed by atoms with van der Waals surface area (Å²) in [4.78, 5) is 2.36. The van der Waals surface area contributed by atoms with E-state index in [0.717, 1.165) is 44.9 Å². The van der Waals surface area contributed by atoms with E-state index < -0.39 is 0 Å². The van der Waals surface area contributed by atoms with E-state index in [9.17, 15) is 0 Å². The Bertz CT molecular complexity index is 2750. The zero-order chi connectivity index (χ0) is 38.2. The summed E-state index contributed by atoms with van der Waals surface area (Å²) in [6.45, 7) is 0. The average molecular weight is 728 g/mol. The lowest BCUT2D eigenvalue weighted by Crippen LogP contribution is -2.10. The minimum atomic E-state index is 1.11. The molecule has 0 spiro atoms. The van der Waals surface area contributed by atoms with Crippen LogP contribution in [0.15, 0.2) is 243 Å². The highest BCUT2D eigenvalue weighted by Crippen LogP contribution is 2.46. The van der Waals surface area contributed by atoms with Crippen molar-refractivity contribution in [3.8, 4) is 11.1 Å². The van der Waals surface area contributed by atoms with Gasteiger partial charge in [-0.15, -0.1) is 0 Å². The van der Waals surface area contributed by atoms with E-state index in [-0.39, 0.29) is 0 Å². The van der Waals surface area contributed by atoms with Crippen molar-refractivity contribution in [2.75, 3.05) is 4.90 Å². The third-order valence-electron chi connectivity index (χ3n) is 10.5. The maximum Gasteiger partial charge on any atom is 0.0540 e. The minimum Gasteiger partial charge on any atom is -0.310 e. The molecule has 0 unspecified atom stereocenters. The van der Waals surface area contributed by atoms with E-state index in [1.54, 1.807) is 0 Å². The van der Waals surface area contributed by atoms with Crippen LogP contribution in [0.4, 0.5) is 17.1 Å². The average Bonchev–Trinajstić information content (AvgIpc) is 3.29. The number of hydrogen-bond donors (Lipinski definition) is 0. The topological polar surface area (TPSA) is 3.24 Å². The monoisotopic (exact) mass is 727 g/mol. The summed E-state index contributed by atoms with van der Waals surface area (Å²) in [5, 5.41) is 2.37. The summed E-state index contributed by atoms with van der Waals surface area (Å²) < 4.78 is 0. The van der Waals surface area contributed by atoms with Gasteiger partial charge >= 0.3 is 0 Å². The predicted molar refractivity (Wildman–Crippen MR) is 244 cm³/mol. The summed E-state index contributed by atoms with van der Waals surface area (Å²) in [6, 6.07) is 86.9. The van der Waals surface area contributed by atoms with Gasteiger partial charge in [-0.05, 0) is 97.5 Å². The quantitative estimate of drug-likeness (QED) is 0.100. The number of para-hydroxylation sites is 2. The summed E-state index contributed by atoms with van der Waals surface area (Å²) in [7, 11) is 0. The second-order valence-corrected chi connectivity index (χ2v) is 14.0. The summed E-state index contributed by atoms with van der Waals surface area (Å²) in [5.41, 5.74) is 15.0. The predicted octanol–water partition coefficient (Wildman–Crippen LogP) is 15.2. The smallest absolute Gasteiger partial charge is 0.0540 e. The molecule has 9 aromatic rings. The SMILES string of the molecule is C(=C(\C(=C(\c1ccccc1)c1ccccc1-c1cccc2c(N(c3ccccc3)c3ccccc3)cccc12)c1ccccc1)c1ccccc1)/c1ccccc1. The molecule has 0 amide bonds. The van der Waals surface area contributed by atoms with Crippen LogP contribution >= 0.6 is 0 Å². The van der Waals surface area contributed by atoms with Gasteiger partial charge in [-0.2, -0.15) is 0 Å². The van der Waals surface area contributed by atoms with Gasteiger partial charge in [-0.25, -0.2) is 0 Å². The van der Waals surface area contributed by atoms with Crippen molar-refractivity contribution in [1.29, 1.82) is 0 Å². The first-order chi connectivity index (χ1) is 28.3. The lowest BCUT2D eigenvalue weighted by Gasteiger charge is -2.27. The molecule has 1 nitrogen and oxygen atoms in total. The number of anilines is 3. The van der Waals surface area contributed by atoms with Crippen LogP contribution in [-0.2, 0) is 0 Å². The van der Waals surface area contributed by atoms with Crippen molar-refractivity contribution in [2.24, 2.45) is 0 Å². The van der Waals surface area contributed by atoms with Crippen LogP contribution in [0.3, 0.4) is 0 Å². The lowest BCUT2D eigenvalue weighted by atomic mass is 9.80. The second-order valence-electron chi connectivity index (χ2n) is 14.0. The molecule has 0 fully saturated rings. The van der Waals surface area contributed by atoms with Crippen LogP contribution in [-0.4, -0.2) is 0 Å². The van der Waals surface area contributed by atoms with Crippen molar-refractivity contribution in [3.63, 3.8) is 0 Å². The third-order valence-corrected chi connectivity index (χ3v) is 10.5. The summed E-state index contributed by atoms with van der Waals surface area (Å²) in [6.07, 6.45) is 2.34. The Balaban J connectivity index is 1.35. The molecule has 0 aliphatic heterocycles. The van der Waals surface area contributed by atoms with E-state index in [0.29, 0.717) is 0 Å². The Morgan fingerprint density at radius 3 is 1.40 bits per heavy atom.